The Morgan fingerprint density at radius 2 is 1.96 bits per heavy atom. The molecule has 0 saturated heterocycles. The van der Waals surface area contributed by atoms with Crippen molar-refractivity contribution in [3.8, 4) is 0 Å². The Morgan fingerprint density at radius 1 is 1.26 bits per heavy atom. The van der Waals surface area contributed by atoms with E-state index >= 15 is 0 Å². The van der Waals surface area contributed by atoms with E-state index in [9.17, 15) is 28.1 Å². The molecule has 0 radical (unpaired) electrons. The minimum Gasteiger partial charge on any atom is -0.320 e. The molecule has 2 aromatic rings. The second kappa shape index (κ2) is 6.03. The number of nitrogens with one attached hydrogen (secondary N) is 1. The lowest BCUT2D eigenvalue weighted by atomic mass is 10.1. The third-order valence-electron chi connectivity index (χ3n) is 2.98. The number of rotatable bonds is 3. The van der Waals surface area contributed by atoms with Gasteiger partial charge in [-0.3, -0.25) is 19.9 Å². The van der Waals surface area contributed by atoms with Gasteiger partial charge in [0, 0.05) is 23.5 Å². The normalized spacial score (nSPS) is 11.1. The topological polar surface area (TPSA) is 85.1 Å². The Kier molecular flexibility index (Phi) is 4.30. The van der Waals surface area contributed by atoms with Gasteiger partial charge in [0.15, 0.2) is 0 Å². The average molecular weight is 325 g/mol. The Morgan fingerprint density at radius 3 is 2.57 bits per heavy atom. The fourth-order valence-corrected chi connectivity index (χ4v) is 1.81. The molecule has 1 aromatic heterocycles. The molecule has 1 amide bonds. The summed E-state index contributed by atoms with van der Waals surface area (Å²) < 4.78 is 37.8. The van der Waals surface area contributed by atoms with Gasteiger partial charge in [-0.05, 0) is 25.1 Å². The fourth-order valence-electron chi connectivity index (χ4n) is 1.81. The smallest absolute Gasteiger partial charge is 0.320 e. The van der Waals surface area contributed by atoms with Crippen molar-refractivity contribution in [1.82, 2.24) is 4.98 Å². The zero-order valence-electron chi connectivity index (χ0n) is 11.7. The highest BCUT2D eigenvalue weighted by Gasteiger charge is 2.31. The van der Waals surface area contributed by atoms with Crippen molar-refractivity contribution in [1.29, 1.82) is 0 Å². The highest BCUT2D eigenvalue weighted by Crippen LogP contribution is 2.29. The van der Waals surface area contributed by atoms with Crippen molar-refractivity contribution in [3.05, 3.63) is 63.5 Å². The number of hydrogen-bond donors (Lipinski definition) is 1. The van der Waals surface area contributed by atoms with Gasteiger partial charge in [-0.1, -0.05) is 6.07 Å². The summed E-state index contributed by atoms with van der Waals surface area (Å²) in [6.45, 7) is 1.53. The monoisotopic (exact) mass is 325 g/mol. The molecule has 1 N–H and O–H groups in total. The van der Waals surface area contributed by atoms with E-state index in [-0.39, 0.29) is 11.4 Å². The minimum absolute atomic E-state index is 0.0894. The molecule has 0 aliphatic rings. The average Bonchev–Trinajstić information content (AvgIpc) is 2.48. The molecule has 6 nitrogen and oxygen atoms in total. The predicted molar refractivity (Wildman–Crippen MR) is 75.0 cm³/mol. The molecule has 0 bridgehead atoms. The summed E-state index contributed by atoms with van der Waals surface area (Å²) in [5.74, 6) is -0.894. The highest BCUT2D eigenvalue weighted by molar-refractivity contribution is 6.03. The number of aryl methyl sites for hydroxylation is 1. The number of carbonyl (C=O) groups excluding carboxylic acids is 1. The van der Waals surface area contributed by atoms with Crippen LogP contribution in [0.1, 0.15) is 21.6 Å². The maximum absolute atomic E-state index is 12.6. The van der Waals surface area contributed by atoms with Crippen molar-refractivity contribution < 1.29 is 22.9 Å². The number of alkyl halides is 3. The number of carbonyl (C=O) groups is 1. The van der Waals surface area contributed by atoms with Crippen LogP contribution in [0.25, 0.3) is 0 Å². The standard InChI is InChI=1S/C14H10F3N3O3/c1-8-2-3-10(7-12(8)20(22)23)19-13(21)11-6-9(4-5-18-11)14(15,16)17/h2-7H,1H3,(H,19,21). The van der Waals surface area contributed by atoms with Crippen molar-refractivity contribution in [2.75, 3.05) is 5.32 Å². The van der Waals surface area contributed by atoms with E-state index in [1.165, 1.54) is 19.1 Å². The van der Waals surface area contributed by atoms with Crippen LogP contribution in [0.2, 0.25) is 0 Å². The molecule has 0 atom stereocenters. The van der Waals surface area contributed by atoms with E-state index < -0.39 is 28.3 Å². The Bertz CT molecular complexity index is 775. The second-order valence-electron chi connectivity index (χ2n) is 4.64. The van der Waals surface area contributed by atoms with Gasteiger partial charge in [0.2, 0.25) is 0 Å². The van der Waals surface area contributed by atoms with Crippen LogP contribution in [-0.4, -0.2) is 15.8 Å². The van der Waals surface area contributed by atoms with E-state index in [2.05, 4.69) is 10.3 Å². The molecule has 2 rings (SSSR count). The Balaban J connectivity index is 2.26. The van der Waals surface area contributed by atoms with Crippen molar-refractivity contribution >= 4 is 17.3 Å². The summed E-state index contributed by atoms with van der Waals surface area (Å²) in [7, 11) is 0. The number of amides is 1. The van der Waals surface area contributed by atoms with Crippen LogP contribution in [0.3, 0.4) is 0 Å². The summed E-state index contributed by atoms with van der Waals surface area (Å²) in [5, 5.41) is 13.1. The first-order valence-electron chi connectivity index (χ1n) is 6.28. The van der Waals surface area contributed by atoms with Gasteiger partial charge in [0.25, 0.3) is 11.6 Å². The molecule has 0 aliphatic carbocycles. The van der Waals surface area contributed by atoms with Gasteiger partial charge in [-0.15, -0.1) is 0 Å². The molecule has 0 fully saturated rings. The molecule has 0 unspecified atom stereocenters. The highest BCUT2D eigenvalue weighted by atomic mass is 19.4. The molecule has 9 heteroatoms. The van der Waals surface area contributed by atoms with Crippen LogP contribution in [0.4, 0.5) is 24.5 Å². The van der Waals surface area contributed by atoms with Crippen LogP contribution in [0.5, 0.6) is 0 Å². The number of halogens is 3. The maximum atomic E-state index is 12.6. The van der Waals surface area contributed by atoms with Gasteiger partial charge in [-0.25, -0.2) is 0 Å². The molecular formula is C14H10F3N3O3. The third-order valence-corrected chi connectivity index (χ3v) is 2.98. The fraction of sp³-hybridized carbons (Fsp3) is 0.143. The molecule has 1 aromatic carbocycles. The zero-order valence-corrected chi connectivity index (χ0v) is 11.7. The molecule has 1 heterocycles. The van der Waals surface area contributed by atoms with Gasteiger partial charge < -0.3 is 5.32 Å². The van der Waals surface area contributed by atoms with Crippen molar-refractivity contribution in [3.63, 3.8) is 0 Å². The molecule has 0 saturated carbocycles. The molecule has 120 valence electrons. The molecular weight excluding hydrogens is 315 g/mol. The van der Waals surface area contributed by atoms with Crippen LogP contribution < -0.4 is 5.32 Å². The van der Waals surface area contributed by atoms with Gasteiger partial charge in [0.1, 0.15) is 5.69 Å². The zero-order chi connectivity index (χ0) is 17.2. The van der Waals surface area contributed by atoms with E-state index in [1.807, 2.05) is 0 Å². The summed E-state index contributed by atoms with van der Waals surface area (Å²) in [4.78, 5) is 25.7. The van der Waals surface area contributed by atoms with E-state index in [0.29, 0.717) is 11.6 Å². The molecule has 23 heavy (non-hydrogen) atoms. The number of aromatic nitrogens is 1. The van der Waals surface area contributed by atoms with Crippen LogP contribution in [0, 0.1) is 17.0 Å². The van der Waals surface area contributed by atoms with Crippen molar-refractivity contribution in [2.45, 2.75) is 13.1 Å². The quantitative estimate of drug-likeness (QED) is 0.690. The van der Waals surface area contributed by atoms with Gasteiger partial charge in [0.05, 0.1) is 10.5 Å². The first-order valence-corrected chi connectivity index (χ1v) is 6.28. The van der Waals surface area contributed by atoms with Gasteiger partial charge in [-0.2, -0.15) is 13.2 Å². The molecule has 0 aliphatic heterocycles. The summed E-state index contributed by atoms with van der Waals surface area (Å²) in [5.41, 5.74) is -1.17. The van der Waals surface area contributed by atoms with Crippen molar-refractivity contribution in [2.24, 2.45) is 0 Å². The predicted octanol–water partition coefficient (Wildman–Crippen LogP) is 3.57. The first kappa shape index (κ1) is 16.4. The Hall–Kier alpha value is -2.97. The largest absolute Gasteiger partial charge is 0.416 e. The Labute approximate surface area is 128 Å². The van der Waals surface area contributed by atoms with Gasteiger partial charge >= 0.3 is 6.18 Å². The summed E-state index contributed by atoms with van der Waals surface area (Å²) >= 11 is 0. The number of pyridine rings is 1. The SMILES string of the molecule is Cc1ccc(NC(=O)c2cc(C(F)(F)F)ccn2)cc1[N+](=O)[O-]. The number of anilines is 1. The lowest BCUT2D eigenvalue weighted by molar-refractivity contribution is -0.385. The first-order chi connectivity index (χ1) is 10.7. The number of nitro groups is 1. The molecule has 0 spiro atoms. The van der Waals surface area contributed by atoms with E-state index in [1.54, 1.807) is 0 Å². The van der Waals surface area contributed by atoms with E-state index in [4.69, 9.17) is 0 Å². The summed E-state index contributed by atoms with van der Waals surface area (Å²) in [6, 6.07) is 5.31. The number of nitrogens with zero attached hydrogens (tertiary/aromatic N) is 2. The maximum Gasteiger partial charge on any atom is 0.416 e. The minimum atomic E-state index is -4.60. The van der Waals surface area contributed by atoms with Crippen LogP contribution >= 0.6 is 0 Å². The lowest BCUT2D eigenvalue weighted by Gasteiger charge is -2.09. The number of hydrogen-bond acceptors (Lipinski definition) is 4. The second-order valence-corrected chi connectivity index (χ2v) is 4.64. The number of benzene rings is 1. The third kappa shape index (κ3) is 3.82. The van der Waals surface area contributed by atoms with Crippen LogP contribution in [-0.2, 0) is 6.18 Å². The van der Waals surface area contributed by atoms with Crippen LogP contribution in [0.15, 0.2) is 36.5 Å². The number of nitro benzene ring substituents is 1. The lowest BCUT2D eigenvalue weighted by Crippen LogP contribution is -2.15. The summed E-state index contributed by atoms with van der Waals surface area (Å²) in [6.07, 6.45) is -3.73. The van der Waals surface area contributed by atoms with E-state index in [0.717, 1.165) is 18.3 Å².